The molecule has 8 heteroatoms. The molecule has 44 heavy (non-hydrogen) atoms. The van der Waals surface area contributed by atoms with Crippen molar-refractivity contribution in [2.75, 3.05) is 20.3 Å². The van der Waals surface area contributed by atoms with Crippen LogP contribution < -0.4 is 9.47 Å². The maximum absolute atomic E-state index is 14.7. The van der Waals surface area contributed by atoms with Crippen molar-refractivity contribution in [2.24, 2.45) is 0 Å². The minimum absolute atomic E-state index is 0.0339. The van der Waals surface area contributed by atoms with Gasteiger partial charge in [0, 0.05) is 11.5 Å². The van der Waals surface area contributed by atoms with E-state index in [4.69, 9.17) is 14.2 Å². The van der Waals surface area contributed by atoms with Gasteiger partial charge in [0.1, 0.15) is 17.5 Å². The molecular weight excluding hydrogens is 561 g/mol. The second-order valence-corrected chi connectivity index (χ2v) is 12.0. The minimum atomic E-state index is -0.689. The summed E-state index contributed by atoms with van der Waals surface area (Å²) >= 11 is 0. The average molecular weight is 600 g/mol. The number of para-hydroxylation sites is 1. The van der Waals surface area contributed by atoms with Crippen molar-refractivity contribution >= 4 is 22.8 Å². The van der Waals surface area contributed by atoms with Crippen LogP contribution in [0.25, 0.3) is 10.8 Å². The summed E-state index contributed by atoms with van der Waals surface area (Å²) in [7, 11) is 1.25. The van der Waals surface area contributed by atoms with Gasteiger partial charge in [-0.15, -0.1) is 0 Å². The van der Waals surface area contributed by atoms with Crippen molar-refractivity contribution in [1.82, 2.24) is 4.90 Å². The number of hydrogen-bond acceptors (Lipinski definition) is 6. The van der Waals surface area contributed by atoms with Crippen LogP contribution in [0.4, 0.5) is 9.18 Å². The van der Waals surface area contributed by atoms with Gasteiger partial charge < -0.3 is 18.9 Å². The molecule has 7 nitrogen and oxygen atoms in total. The molecule has 1 aliphatic rings. The van der Waals surface area contributed by atoms with Gasteiger partial charge in [-0.1, -0.05) is 66.7 Å². The van der Waals surface area contributed by atoms with E-state index in [0.29, 0.717) is 12.2 Å². The molecule has 0 aliphatic carbocycles. The van der Waals surface area contributed by atoms with Crippen molar-refractivity contribution in [3.63, 3.8) is 0 Å². The molecule has 5 rings (SSSR count). The molecule has 0 saturated heterocycles. The maximum atomic E-state index is 14.7. The number of methoxy groups -OCH3 is 1. The largest absolute Gasteiger partial charge is 0.488 e. The Labute approximate surface area is 257 Å². The van der Waals surface area contributed by atoms with Crippen molar-refractivity contribution in [2.45, 2.75) is 57.8 Å². The third-order valence-corrected chi connectivity index (χ3v) is 7.79. The second-order valence-electron chi connectivity index (χ2n) is 12.0. The normalized spacial score (nSPS) is 16.8. The molecule has 4 aromatic carbocycles. The molecule has 0 radical (unpaired) electrons. The number of ether oxygens (including phenoxy) is 4. The van der Waals surface area contributed by atoms with Crippen LogP contribution in [-0.2, 0) is 14.3 Å². The first-order chi connectivity index (χ1) is 21.0. The molecule has 3 atom stereocenters. The summed E-state index contributed by atoms with van der Waals surface area (Å²) in [5, 5.41) is 2.15. The highest BCUT2D eigenvalue weighted by atomic mass is 19.1. The fourth-order valence-corrected chi connectivity index (χ4v) is 5.68. The van der Waals surface area contributed by atoms with Gasteiger partial charge in [-0.2, -0.15) is 0 Å². The predicted molar refractivity (Wildman–Crippen MR) is 167 cm³/mol. The van der Waals surface area contributed by atoms with Gasteiger partial charge in [-0.25, -0.2) is 14.0 Å². The topological polar surface area (TPSA) is 74.3 Å². The number of halogens is 1. The van der Waals surface area contributed by atoms with Crippen LogP contribution in [0.2, 0.25) is 0 Å². The molecule has 0 fully saturated rings. The third-order valence-electron chi connectivity index (χ3n) is 7.79. The van der Waals surface area contributed by atoms with Crippen LogP contribution in [0.3, 0.4) is 0 Å². The Morgan fingerprint density at radius 1 is 1.00 bits per heavy atom. The van der Waals surface area contributed by atoms with Crippen molar-refractivity contribution in [1.29, 1.82) is 0 Å². The molecule has 1 aliphatic heterocycles. The number of esters is 1. The van der Waals surface area contributed by atoms with E-state index in [9.17, 15) is 14.0 Å². The van der Waals surface area contributed by atoms with Crippen LogP contribution in [-0.4, -0.2) is 48.9 Å². The van der Waals surface area contributed by atoms with Gasteiger partial charge in [0.2, 0.25) is 0 Å². The fraction of sp³-hybridized carbons (Fsp3) is 0.333. The Hall–Kier alpha value is -4.59. The molecule has 0 aromatic heterocycles. The molecule has 230 valence electrons. The van der Waals surface area contributed by atoms with Crippen molar-refractivity contribution in [3.8, 4) is 11.5 Å². The average Bonchev–Trinajstić information content (AvgIpc) is 3.01. The highest BCUT2D eigenvalue weighted by Gasteiger charge is 2.35. The molecule has 1 heterocycles. The van der Waals surface area contributed by atoms with Crippen molar-refractivity contribution in [3.05, 3.63) is 107 Å². The third kappa shape index (κ3) is 6.96. The van der Waals surface area contributed by atoms with Crippen LogP contribution >= 0.6 is 0 Å². The Morgan fingerprint density at radius 3 is 2.50 bits per heavy atom. The molecule has 4 aromatic rings. The molecule has 0 saturated carbocycles. The predicted octanol–water partition coefficient (Wildman–Crippen LogP) is 7.81. The minimum Gasteiger partial charge on any atom is -0.488 e. The van der Waals surface area contributed by atoms with Crippen LogP contribution in [0.1, 0.15) is 62.8 Å². The van der Waals surface area contributed by atoms with Crippen LogP contribution in [0, 0.1) is 5.82 Å². The Morgan fingerprint density at radius 2 is 1.73 bits per heavy atom. The van der Waals surface area contributed by atoms with Gasteiger partial charge in [0.25, 0.3) is 0 Å². The van der Waals surface area contributed by atoms with Crippen molar-refractivity contribution < 1.29 is 32.9 Å². The number of carbonyl (C=O) groups excluding carboxylic acids is 2. The van der Waals surface area contributed by atoms with E-state index in [1.807, 2.05) is 76.2 Å². The number of hydrogen-bond donors (Lipinski definition) is 0. The number of fused-ring (bicyclic) bond motifs is 2. The molecule has 1 unspecified atom stereocenters. The summed E-state index contributed by atoms with van der Waals surface area (Å²) in [5.41, 5.74) is 2.07. The zero-order valence-corrected chi connectivity index (χ0v) is 25.7. The van der Waals surface area contributed by atoms with E-state index >= 15 is 0 Å². The molecule has 0 spiro atoms. The number of benzene rings is 4. The summed E-state index contributed by atoms with van der Waals surface area (Å²) in [6, 6.07) is 26.3. The molecule has 0 N–H and O–H groups in total. The highest BCUT2D eigenvalue weighted by Crippen LogP contribution is 2.42. The van der Waals surface area contributed by atoms with Crippen LogP contribution in [0.15, 0.2) is 84.9 Å². The standard InChI is InChI=1S/C36H38FNO6/c1-23(27-15-10-12-24-11-6-7-13-28(24)27)38(35(40)44-36(2,3)4)21-26-20-30(29-14-8-9-16-32(29)43-26)25-17-18-31(37)33(19-25)42-22-34(39)41-5/h6-19,23,26,30H,20-22H2,1-5H3/t23-,26-,30?/m1/s1. The van der Waals surface area contributed by atoms with Gasteiger partial charge in [0.15, 0.2) is 18.2 Å². The van der Waals surface area contributed by atoms with Gasteiger partial charge in [-0.3, -0.25) is 4.90 Å². The quantitative estimate of drug-likeness (QED) is 0.192. The summed E-state index contributed by atoms with van der Waals surface area (Å²) in [5.74, 6) is -0.701. The maximum Gasteiger partial charge on any atom is 0.410 e. The Kier molecular flexibility index (Phi) is 9.09. The van der Waals surface area contributed by atoms with E-state index < -0.39 is 36.2 Å². The van der Waals surface area contributed by atoms with Gasteiger partial charge in [-0.05, 0) is 74.2 Å². The second kappa shape index (κ2) is 13.0. The van der Waals surface area contributed by atoms with E-state index in [-0.39, 0.29) is 24.3 Å². The van der Waals surface area contributed by atoms with Crippen LogP contribution in [0.5, 0.6) is 11.5 Å². The zero-order valence-electron chi connectivity index (χ0n) is 25.7. The lowest BCUT2D eigenvalue weighted by Gasteiger charge is -2.38. The number of rotatable bonds is 8. The Bertz CT molecular complexity index is 1640. The summed E-state index contributed by atoms with van der Waals surface area (Å²) < 4.78 is 37.1. The lowest BCUT2D eigenvalue weighted by molar-refractivity contribution is -0.142. The summed E-state index contributed by atoms with van der Waals surface area (Å²) in [6.07, 6.45) is -0.317. The SMILES string of the molecule is COC(=O)COc1cc(C2C[C@H](CN(C(=O)OC(C)(C)C)[C@H](C)c3cccc4ccccc34)Oc3ccccc32)ccc1F. The highest BCUT2D eigenvalue weighted by molar-refractivity contribution is 5.86. The lowest BCUT2D eigenvalue weighted by Crippen LogP contribution is -2.45. The van der Waals surface area contributed by atoms with E-state index in [1.165, 1.54) is 13.2 Å². The van der Waals surface area contributed by atoms with Gasteiger partial charge >= 0.3 is 12.1 Å². The monoisotopic (exact) mass is 599 g/mol. The first kappa shape index (κ1) is 30.9. The van der Waals surface area contributed by atoms with E-state index in [1.54, 1.807) is 17.0 Å². The summed E-state index contributed by atoms with van der Waals surface area (Å²) in [4.78, 5) is 27.1. The Balaban J connectivity index is 1.48. The fourth-order valence-electron chi connectivity index (χ4n) is 5.68. The smallest absolute Gasteiger partial charge is 0.410 e. The number of amides is 1. The number of nitrogens with zero attached hydrogens (tertiary/aromatic N) is 1. The molecule has 0 bridgehead atoms. The molecule has 1 amide bonds. The molecular formula is C36H38FNO6. The van der Waals surface area contributed by atoms with E-state index in [2.05, 4.69) is 22.9 Å². The first-order valence-electron chi connectivity index (χ1n) is 14.8. The summed E-state index contributed by atoms with van der Waals surface area (Å²) in [6.45, 7) is 7.42. The zero-order chi connectivity index (χ0) is 31.4. The number of carbonyl (C=O) groups is 2. The van der Waals surface area contributed by atoms with E-state index in [0.717, 1.165) is 27.5 Å². The lowest BCUT2D eigenvalue weighted by atomic mass is 9.84. The first-order valence-corrected chi connectivity index (χ1v) is 14.8. The van der Waals surface area contributed by atoms with Gasteiger partial charge in [0.05, 0.1) is 19.7 Å².